The Morgan fingerprint density at radius 2 is 1.73 bits per heavy atom. The molecule has 1 aromatic carbocycles. The van der Waals surface area contributed by atoms with Crippen LogP contribution in [0.2, 0.25) is 5.02 Å². The first kappa shape index (κ1) is 31.3. The zero-order valence-electron chi connectivity index (χ0n) is 24.2. The minimum Gasteiger partial charge on any atom is -0.492 e. The summed E-state index contributed by atoms with van der Waals surface area (Å²) < 4.78 is 32.9. The maximum Gasteiger partial charge on any atom is 0.305 e. The second kappa shape index (κ2) is 14.4. The van der Waals surface area contributed by atoms with E-state index in [1.54, 1.807) is 13.0 Å². The van der Waals surface area contributed by atoms with Crippen molar-refractivity contribution in [2.45, 2.75) is 46.5 Å². The summed E-state index contributed by atoms with van der Waals surface area (Å²) in [6.07, 6.45) is 0.760. The molecule has 2 aromatic heterocycles. The quantitative estimate of drug-likeness (QED) is 0.169. The van der Waals surface area contributed by atoms with Crippen LogP contribution in [0.5, 0.6) is 29.2 Å². The number of benzene rings is 1. The van der Waals surface area contributed by atoms with E-state index in [2.05, 4.69) is 20.6 Å². The Bertz CT molecular complexity index is 1350. The third-order valence-electron chi connectivity index (χ3n) is 5.81. The van der Waals surface area contributed by atoms with Crippen molar-refractivity contribution in [3.8, 4) is 29.2 Å². The zero-order chi connectivity index (χ0) is 30.1. The van der Waals surface area contributed by atoms with Gasteiger partial charge >= 0.3 is 5.97 Å². The van der Waals surface area contributed by atoms with E-state index >= 15 is 0 Å². The molecule has 0 atom stereocenters. The molecular weight excluding hydrogens is 556 g/mol. The van der Waals surface area contributed by atoms with Gasteiger partial charge in [-0.05, 0) is 43.9 Å². The molecule has 0 spiro atoms. The number of amides is 1. The van der Waals surface area contributed by atoms with Gasteiger partial charge in [0.15, 0.2) is 22.9 Å². The first-order valence-electron chi connectivity index (χ1n) is 13.0. The normalized spacial score (nSPS) is 10.8. The lowest BCUT2D eigenvalue weighted by Gasteiger charge is -2.19. The van der Waals surface area contributed by atoms with E-state index in [-0.39, 0.29) is 53.4 Å². The van der Waals surface area contributed by atoms with Crippen LogP contribution in [0, 0.1) is 6.92 Å². The van der Waals surface area contributed by atoms with Crippen LogP contribution in [0.1, 0.15) is 61.2 Å². The minimum absolute atomic E-state index is 0.0417. The van der Waals surface area contributed by atoms with E-state index < -0.39 is 5.91 Å². The van der Waals surface area contributed by atoms with Gasteiger partial charge in [0.2, 0.25) is 17.7 Å². The van der Waals surface area contributed by atoms with Gasteiger partial charge in [0, 0.05) is 29.6 Å². The number of hydrogen-bond donors (Lipinski definition) is 2. The molecule has 2 heterocycles. The van der Waals surface area contributed by atoms with Gasteiger partial charge in [-0.1, -0.05) is 25.4 Å². The first-order valence-corrected chi connectivity index (χ1v) is 13.4. The van der Waals surface area contributed by atoms with Crippen molar-refractivity contribution in [3.05, 3.63) is 40.1 Å². The number of carbonyl (C=O) groups is 2. The van der Waals surface area contributed by atoms with Crippen LogP contribution in [0.4, 0.5) is 11.6 Å². The topological polar surface area (TPSA) is 143 Å². The zero-order valence-corrected chi connectivity index (χ0v) is 24.9. The molecule has 0 aliphatic rings. The molecule has 3 aromatic rings. The number of methoxy groups -OCH3 is 3. The number of hydrogen-bond acceptors (Lipinski definition) is 11. The van der Waals surface area contributed by atoms with Gasteiger partial charge in [-0.15, -0.1) is 0 Å². The Morgan fingerprint density at radius 1 is 1.05 bits per heavy atom. The van der Waals surface area contributed by atoms with Crippen LogP contribution >= 0.6 is 11.6 Å². The lowest BCUT2D eigenvalue weighted by Crippen LogP contribution is -2.15. The number of carbonyl (C=O) groups excluding carboxylic acids is 2. The van der Waals surface area contributed by atoms with Crippen LogP contribution < -0.4 is 29.6 Å². The van der Waals surface area contributed by atoms with E-state index in [1.807, 2.05) is 20.8 Å². The summed E-state index contributed by atoms with van der Waals surface area (Å²) in [4.78, 5) is 33.2. The lowest BCUT2D eigenvalue weighted by molar-refractivity contribution is -0.143. The van der Waals surface area contributed by atoms with Gasteiger partial charge in [-0.2, -0.15) is 9.97 Å². The van der Waals surface area contributed by atoms with Gasteiger partial charge < -0.3 is 38.7 Å². The summed E-state index contributed by atoms with van der Waals surface area (Å²) in [6.45, 7) is 8.32. The number of nitrogens with one attached hydrogen (secondary N) is 2. The van der Waals surface area contributed by atoms with Crippen molar-refractivity contribution in [2.75, 3.05) is 45.1 Å². The molecule has 0 fully saturated rings. The van der Waals surface area contributed by atoms with E-state index in [4.69, 9.17) is 39.7 Å². The third-order valence-corrected chi connectivity index (χ3v) is 6.13. The molecule has 0 aliphatic carbocycles. The van der Waals surface area contributed by atoms with Crippen LogP contribution in [-0.2, 0) is 9.53 Å². The van der Waals surface area contributed by atoms with Crippen molar-refractivity contribution in [3.63, 3.8) is 0 Å². The number of halogens is 1. The summed E-state index contributed by atoms with van der Waals surface area (Å²) >= 11 is 6.46. The fourth-order valence-corrected chi connectivity index (χ4v) is 4.42. The SMILES string of the molecule is CCOC(=O)CCCNc1nc(OC)c(NC(=O)c2ccc(Oc3c(C)cc(Cl)c(C(C)C)c3OC)o2)c(OC)n1. The molecule has 0 bridgehead atoms. The van der Waals surface area contributed by atoms with E-state index in [9.17, 15) is 9.59 Å². The molecule has 12 nitrogen and oxygen atoms in total. The highest BCUT2D eigenvalue weighted by atomic mass is 35.5. The van der Waals surface area contributed by atoms with Crippen LogP contribution in [0.15, 0.2) is 22.6 Å². The van der Waals surface area contributed by atoms with Crippen molar-refractivity contribution >= 4 is 35.1 Å². The highest BCUT2D eigenvalue weighted by molar-refractivity contribution is 6.31. The molecule has 13 heteroatoms. The van der Waals surface area contributed by atoms with E-state index in [0.717, 1.165) is 11.1 Å². The molecule has 0 saturated heterocycles. The number of aryl methyl sites for hydroxylation is 1. The second-order valence-corrected chi connectivity index (χ2v) is 9.46. The number of furan rings is 1. The number of anilines is 2. The lowest BCUT2D eigenvalue weighted by atomic mass is 9.99. The van der Waals surface area contributed by atoms with Crippen LogP contribution in [0.3, 0.4) is 0 Å². The largest absolute Gasteiger partial charge is 0.492 e. The molecule has 0 radical (unpaired) electrons. The predicted octanol–water partition coefficient (Wildman–Crippen LogP) is 5.98. The van der Waals surface area contributed by atoms with Crippen LogP contribution in [0.25, 0.3) is 0 Å². The highest BCUT2D eigenvalue weighted by Gasteiger charge is 2.24. The summed E-state index contributed by atoms with van der Waals surface area (Å²) in [7, 11) is 4.33. The molecule has 2 N–H and O–H groups in total. The van der Waals surface area contributed by atoms with Gasteiger partial charge in [0.1, 0.15) is 0 Å². The molecule has 0 aliphatic heterocycles. The van der Waals surface area contributed by atoms with E-state index in [0.29, 0.717) is 36.1 Å². The summed E-state index contributed by atoms with van der Waals surface area (Å²) in [5.74, 6) is 0.464. The number of rotatable bonds is 14. The Morgan fingerprint density at radius 3 is 2.32 bits per heavy atom. The smallest absolute Gasteiger partial charge is 0.305 e. The average molecular weight is 591 g/mol. The molecule has 3 rings (SSSR count). The van der Waals surface area contributed by atoms with Crippen molar-refractivity contribution < 1.29 is 37.7 Å². The summed E-state index contributed by atoms with van der Waals surface area (Å²) in [5.41, 5.74) is 1.64. The van der Waals surface area contributed by atoms with Gasteiger partial charge in [0.25, 0.3) is 11.9 Å². The van der Waals surface area contributed by atoms with E-state index in [1.165, 1.54) is 33.5 Å². The summed E-state index contributed by atoms with van der Waals surface area (Å²) in [6, 6.07) is 4.78. The number of esters is 1. The monoisotopic (exact) mass is 590 g/mol. The number of ether oxygens (including phenoxy) is 5. The summed E-state index contributed by atoms with van der Waals surface area (Å²) in [5, 5.41) is 6.24. The highest BCUT2D eigenvalue weighted by Crippen LogP contribution is 2.44. The Hall–Kier alpha value is -4.19. The molecule has 222 valence electrons. The van der Waals surface area contributed by atoms with Crippen molar-refractivity contribution in [2.24, 2.45) is 0 Å². The molecule has 0 saturated carbocycles. The molecule has 41 heavy (non-hydrogen) atoms. The predicted molar refractivity (Wildman–Crippen MR) is 153 cm³/mol. The Labute approximate surface area is 243 Å². The number of nitrogens with zero attached hydrogens (tertiary/aromatic N) is 2. The molecular formula is C28H35ClN4O8. The first-order chi connectivity index (χ1) is 19.6. The third kappa shape index (κ3) is 7.72. The van der Waals surface area contributed by atoms with Gasteiger partial charge in [-0.3, -0.25) is 9.59 Å². The maximum atomic E-state index is 13.1. The Kier molecular flexibility index (Phi) is 11.0. The fourth-order valence-electron chi connectivity index (χ4n) is 3.95. The number of aromatic nitrogens is 2. The van der Waals surface area contributed by atoms with Gasteiger partial charge in [-0.25, -0.2) is 0 Å². The molecule has 1 amide bonds. The van der Waals surface area contributed by atoms with Crippen LogP contribution in [-0.4, -0.2) is 56.3 Å². The average Bonchev–Trinajstić information content (AvgIpc) is 3.41. The van der Waals surface area contributed by atoms with Crippen molar-refractivity contribution in [1.82, 2.24) is 9.97 Å². The Balaban J connectivity index is 1.76. The van der Waals surface area contributed by atoms with Gasteiger partial charge in [0.05, 0.1) is 27.9 Å². The second-order valence-electron chi connectivity index (χ2n) is 9.06. The standard InChI is InChI=1S/C28H35ClN4O8/c1-8-39-19(34)10-9-13-30-28-32-26(37-6)22(27(33-28)38-7)31-25(35)18-11-12-20(40-18)41-23-16(4)14-17(29)21(15(2)3)24(23)36-5/h11-12,14-15H,8-10,13H2,1-7H3,(H,31,35)(H,30,32,33). The minimum atomic E-state index is -0.613. The molecule has 0 unspecified atom stereocenters. The van der Waals surface area contributed by atoms with Crippen molar-refractivity contribution in [1.29, 1.82) is 0 Å². The maximum absolute atomic E-state index is 13.1. The fraction of sp³-hybridized carbons (Fsp3) is 0.429.